The summed E-state index contributed by atoms with van der Waals surface area (Å²) in [4.78, 5) is 2.70. The summed E-state index contributed by atoms with van der Waals surface area (Å²) in [6.07, 6.45) is 14.9. The van der Waals surface area contributed by atoms with Gasteiger partial charge in [-0.2, -0.15) is 0 Å². The van der Waals surface area contributed by atoms with E-state index in [1.54, 1.807) is 0 Å². The van der Waals surface area contributed by atoms with Crippen LogP contribution in [-0.4, -0.2) is 35.7 Å². The summed E-state index contributed by atoms with van der Waals surface area (Å²) in [5, 5.41) is 9.98. The van der Waals surface area contributed by atoms with Crippen molar-refractivity contribution in [3.63, 3.8) is 0 Å². The third-order valence-corrected chi connectivity index (χ3v) is 5.54. The highest BCUT2D eigenvalue weighted by molar-refractivity contribution is 4.87. The summed E-state index contributed by atoms with van der Waals surface area (Å²) in [5.41, 5.74) is 0.212. The topological polar surface area (TPSA) is 23.5 Å². The van der Waals surface area contributed by atoms with Gasteiger partial charge in [0.2, 0.25) is 0 Å². The zero-order chi connectivity index (χ0) is 13.6. The van der Waals surface area contributed by atoms with Crippen LogP contribution in [0, 0.1) is 5.41 Å². The van der Waals surface area contributed by atoms with Gasteiger partial charge in [0.25, 0.3) is 0 Å². The lowest BCUT2D eigenvalue weighted by atomic mass is 9.79. The summed E-state index contributed by atoms with van der Waals surface area (Å²) < 4.78 is 0. The van der Waals surface area contributed by atoms with E-state index in [4.69, 9.17) is 0 Å². The molecule has 2 aliphatic rings. The largest absolute Gasteiger partial charge is 0.396 e. The van der Waals surface area contributed by atoms with Crippen LogP contribution >= 0.6 is 0 Å². The lowest BCUT2D eigenvalue weighted by molar-refractivity contribution is 0.0354. The Bertz CT molecular complexity index is 240. The van der Waals surface area contributed by atoms with E-state index >= 15 is 0 Å². The maximum absolute atomic E-state index is 9.98. The van der Waals surface area contributed by atoms with Crippen molar-refractivity contribution in [2.24, 2.45) is 5.41 Å². The van der Waals surface area contributed by atoms with Gasteiger partial charge >= 0.3 is 0 Å². The van der Waals surface area contributed by atoms with Crippen molar-refractivity contribution in [2.45, 2.75) is 83.6 Å². The average molecular weight is 267 g/mol. The third-order valence-electron chi connectivity index (χ3n) is 5.54. The first-order chi connectivity index (χ1) is 9.29. The second-order valence-corrected chi connectivity index (χ2v) is 6.93. The van der Waals surface area contributed by atoms with Crippen LogP contribution in [0.3, 0.4) is 0 Å². The van der Waals surface area contributed by atoms with E-state index in [1.165, 1.54) is 70.6 Å². The molecule has 0 unspecified atom stereocenters. The normalized spacial score (nSPS) is 25.4. The van der Waals surface area contributed by atoms with Crippen molar-refractivity contribution < 1.29 is 5.11 Å². The first kappa shape index (κ1) is 15.3. The lowest BCUT2D eigenvalue weighted by Crippen LogP contribution is -2.45. The smallest absolute Gasteiger partial charge is 0.0499 e. The molecule has 2 nitrogen and oxygen atoms in total. The van der Waals surface area contributed by atoms with Crippen molar-refractivity contribution in [3.8, 4) is 0 Å². The number of aliphatic hydroxyl groups excluding tert-OH is 1. The molecule has 0 aromatic carbocycles. The average Bonchev–Trinajstić information content (AvgIpc) is 2.72. The van der Waals surface area contributed by atoms with Crippen molar-refractivity contribution in [2.75, 3.05) is 19.7 Å². The second kappa shape index (κ2) is 7.64. The molecular formula is C17H33NO. The molecule has 2 aliphatic carbocycles. The van der Waals surface area contributed by atoms with Gasteiger partial charge in [0.05, 0.1) is 0 Å². The van der Waals surface area contributed by atoms with Gasteiger partial charge in [-0.3, -0.25) is 0 Å². The Labute approximate surface area is 119 Å². The minimum atomic E-state index is 0.212. The van der Waals surface area contributed by atoms with E-state index in [-0.39, 0.29) is 5.41 Å². The van der Waals surface area contributed by atoms with Crippen LogP contribution in [-0.2, 0) is 0 Å². The minimum Gasteiger partial charge on any atom is -0.396 e. The molecule has 2 rings (SSSR count). The maximum atomic E-state index is 9.98. The van der Waals surface area contributed by atoms with Crippen molar-refractivity contribution in [1.82, 2.24) is 4.90 Å². The van der Waals surface area contributed by atoms with Gasteiger partial charge in [-0.25, -0.2) is 0 Å². The Kier molecular flexibility index (Phi) is 6.15. The van der Waals surface area contributed by atoms with Crippen LogP contribution < -0.4 is 0 Å². The highest BCUT2D eigenvalue weighted by Gasteiger charge is 2.34. The minimum absolute atomic E-state index is 0.212. The van der Waals surface area contributed by atoms with Gasteiger partial charge in [0, 0.05) is 24.6 Å². The number of nitrogens with zero attached hydrogens (tertiary/aromatic N) is 1. The van der Waals surface area contributed by atoms with Crippen LogP contribution in [0.2, 0.25) is 0 Å². The van der Waals surface area contributed by atoms with E-state index < -0.39 is 0 Å². The summed E-state index contributed by atoms with van der Waals surface area (Å²) in [5.74, 6) is 0. The summed E-state index contributed by atoms with van der Waals surface area (Å²) in [6, 6.07) is 0.797. The van der Waals surface area contributed by atoms with E-state index in [2.05, 4.69) is 11.8 Å². The second-order valence-electron chi connectivity index (χ2n) is 6.93. The molecule has 0 spiro atoms. The molecule has 0 aliphatic heterocycles. The van der Waals surface area contributed by atoms with Crippen LogP contribution in [0.25, 0.3) is 0 Å². The molecular weight excluding hydrogens is 234 g/mol. The molecule has 1 N–H and O–H groups in total. The molecule has 0 radical (unpaired) electrons. The summed E-state index contributed by atoms with van der Waals surface area (Å²) >= 11 is 0. The molecule has 2 saturated carbocycles. The fraction of sp³-hybridized carbons (Fsp3) is 1.00. The molecule has 112 valence electrons. The van der Waals surface area contributed by atoms with Gasteiger partial charge in [-0.15, -0.1) is 0 Å². The Morgan fingerprint density at radius 1 is 0.947 bits per heavy atom. The number of hydrogen-bond donors (Lipinski definition) is 1. The van der Waals surface area contributed by atoms with E-state index in [0.29, 0.717) is 6.61 Å². The standard InChI is InChI=1S/C17H33NO/c1-2-18(16-10-6-5-7-11-16)14-17(15-19)12-8-3-4-9-13-17/h16,19H,2-15H2,1H3. The molecule has 0 amide bonds. The van der Waals surface area contributed by atoms with E-state index in [0.717, 1.165) is 19.1 Å². The van der Waals surface area contributed by atoms with Crippen LogP contribution in [0.4, 0.5) is 0 Å². The van der Waals surface area contributed by atoms with Gasteiger partial charge in [-0.1, -0.05) is 51.9 Å². The van der Waals surface area contributed by atoms with Gasteiger partial charge in [0.1, 0.15) is 0 Å². The Morgan fingerprint density at radius 2 is 1.53 bits per heavy atom. The summed E-state index contributed by atoms with van der Waals surface area (Å²) in [6.45, 7) is 5.00. The van der Waals surface area contributed by atoms with E-state index in [1.807, 2.05) is 0 Å². The number of aliphatic hydroxyl groups is 1. The molecule has 2 fully saturated rings. The number of rotatable bonds is 5. The monoisotopic (exact) mass is 267 g/mol. The maximum Gasteiger partial charge on any atom is 0.0499 e. The molecule has 0 heterocycles. The number of hydrogen-bond acceptors (Lipinski definition) is 2. The highest BCUT2D eigenvalue weighted by atomic mass is 16.3. The van der Waals surface area contributed by atoms with Crippen molar-refractivity contribution >= 4 is 0 Å². The van der Waals surface area contributed by atoms with Gasteiger partial charge < -0.3 is 10.0 Å². The Hall–Kier alpha value is -0.0800. The van der Waals surface area contributed by atoms with Crippen LogP contribution in [0.1, 0.15) is 77.6 Å². The molecule has 0 atom stereocenters. The fourth-order valence-corrected chi connectivity index (χ4v) is 4.22. The summed E-state index contributed by atoms with van der Waals surface area (Å²) in [7, 11) is 0. The molecule has 0 bridgehead atoms. The predicted octanol–water partition coefficient (Wildman–Crippen LogP) is 3.97. The zero-order valence-electron chi connectivity index (χ0n) is 12.9. The molecule has 2 heteroatoms. The third kappa shape index (κ3) is 4.19. The fourth-order valence-electron chi connectivity index (χ4n) is 4.22. The zero-order valence-corrected chi connectivity index (χ0v) is 12.9. The van der Waals surface area contributed by atoms with Gasteiger partial charge in [-0.05, 0) is 32.2 Å². The van der Waals surface area contributed by atoms with Crippen molar-refractivity contribution in [3.05, 3.63) is 0 Å². The Morgan fingerprint density at radius 3 is 2.05 bits per heavy atom. The lowest BCUT2D eigenvalue weighted by Gasteiger charge is -2.41. The van der Waals surface area contributed by atoms with Crippen LogP contribution in [0.15, 0.2) is 0 Å². The molecule has 19 heavy (non-hydrogen) atoms. The van der Waals surface area contributed by atoms with Crippen molar-refractivity contribution in [1.29, 1.82) is 0 Å². The quantitative estimate of drug-likeness (QED) is 0.762. The molecule has 0 saturated heterocycles. The SMILES string of the molecule is CCN(CC1(CO)CCCCCC1)C1CCCCC1. The first-order valence-electron chi connectivity index (χ1n) is 8.64. The molecule has 0 aromatic heterocycles. The molecule has 0 aromatic rings. The first-order valence-corrected chi connectivity index (χ1v) is 8.64. The Balaban J connectivity index is 1.97. The van der Waals surface area contributed by atoms with Crippen LogP contribution in [0.5, 0.6) is 0 Å². The van der Waals surface area contributed by atoms with Gasteiger partial charge in [0.15, 0.2) is 0 Å². The predicted molar refractivity (Wildman–Crippen MR) is 81.3 cm³/mol. The highest BCUT2D eigenvalue weighted by Crippen LogP contribution is 2.37. The van der Waals surface area contributed by atoms with E-state index in [9.17, 15) is 5.11 Å².